The molecule has 1 heterocycles. The molecule has 0 saturated carbocycles. The molecule has 0 saturated heterocycles. The molecule has 0 aliphatic heterocycles. The summed E-state index contributed by atoms with van der Waals surface area (Å²) in [5.74, 6) is -1.20. The minimum absolute atomic E-state index is 0.114. The van der Waals surface area contributed by atoms with Crippen LogP contribution in [0.15, 0.2) is 47.8 Å². The van der Waals surface area contributed by atoms with Crippen LogP contribution in [0.3, 0.4) is 0 Å². The van der Waals surface area contributed by atoms with Crippen LogP contribution in [0.5, 0.6) is 0 Å². The molecule has 1 aromatic carbocycles. The summed E-state index contributed by atoms with van der Waals surface area (Å²) < 4.78 is 1.09. The predicted molar refractivity (Wildman–Crippen MR) is 78.2 cm³/mol. The summed E-state index contributed by atoms with van der Waals surface area (Å²) in [5, 5.41) is 9.20. The Bertz CT molecular complexity index is 748. The molecule has 1 aromatic heterocycles. The van der Waals surface area contributed by atoms with E-state index in [1.54, 1.807) is 12.1 Å². The van der Waals surface area contributed by atoms with Crippen LogP contribution in [0.1, 0.15) is 21.5 Å². The number of aromatic nitrogens is 1. The fraction of sp³-hybridized carbons (Fsp3) is 0.0667. The van der Waals surface area contributed by atoms with Gasteiger partial charge in [-0.3, -0.25) is 4.79 Å². The van der Waals surface area contributed by atoms with Gasteiger partial charge in [0.25, 0.3) is 5.56 Å². The van der Waals surface area contributed by atoms with Gasteiger partial charge in [0, 0.05) is 18.7 Å². The molecule has 0 unspecified atom stereocenters. The normalized spacial score (nSPS) is 10.3. The first kappa shape index (κ1) is 14.1. The number of carbonyl (C=O) groups is 1. The molecule has 1 N–H and O–H groups in total. The topological polar surface area (TPSA) is 59.3 Å². The monoisotopic (exact) mass is 289 g/mol. The largest absolute Gasteiger partial charge is 0.478 e. The molecular weight excluding hydrogens is 278 g/mol. The van der Waals surface area contributed by atoms with Crippen LogP contribution in [0.2, 0.25) is 5.15 Å². The standard InChI is InChI=1S/C15H12ClNO3/c1-9(10-6-4-3-5-7-10)11-8-12(18)17(2)14(16)13(11)15(19)20/h3-8H,1H2,2H3,(H,19,20). The Hall–Kier alpha value is -2.33. The lowest BCUT2D eigenvalue weighted by Gasteiger charge is -2.13. The summed E-state index contributed by atoms with van der Waals surface area (Å²) in [6.45, 7) is 3.88. The highest BCUT2D eigenvalue weighted by Crippen LogP contribution is 2.27. The molecule has 0 radical (unpaired) electrons. The molecule has 0 fully saturated rings. The molecule has 4 nitrogen and oxygen atoms in total. The van der Waals surface area contributed by atoms with Crippen LogP contribution in [0.25, 0.3) is 5.57 Å². The number of benzene rings is 1. The van der Waals surface area contributed by atoms with Gasteiger partial charge in [-0.25, -0.2) is 4.79 Å². The lowest BCUT2D eigenvalue weighted by atomic mass is 9.96. The van der Waals surface area contributed by atoms with Crippen molar-refractivity contribution >= 4 is 23.1 Å². The molecule has 0 amide bonds. The summed E-state index contributed by atoms with van der Waals surface area (Å²) in [5.41, 5.74) is 0.911. The van der Waals surface area contributed by atoms with Crippen molar-refractivity contribution in [3.05, 3.63) is 75.2 Å². The first-order valence-electron chi connectivity index (χ1n) is 5.81. The van der Waals surface area contributed by atoms with Gasteiger partial charge in [0.05, 0.1) is 0 Å². The molecule has 20 heavy (non-hydrogen) atoms. The highest BCUT2D eigenvalue weighted by atomic mass is 35.5. The number of rotatable bonds is 3. The number of halogens is 1. The Balaban J connectivity index is 2.72. The summed E-state index contributed by atoms with van der Waals surface area (Å²) in [6.07, 6.45) is 0. The lowest BCUT2D eigenvalue weighted by Crippen LogP contribution is -2.21. The van der Waals surface area contributed by atoms with Crippen molar-refractivity contribution in [3.8, 4) is 0 Å². The average Bonchev–Trinajstić information content (AvgIpc) is 2.44. The second-order valence-corrected chi connectivity index (χ2v) is 4.63. The van der Waals surface area contributed by atoms with E-state index in [0.717, 1.165) is 10.1 Å². The zero-order valence-electron chi connectivity index (χ0n) is 10.8. The molecular formula is C15H12ClNO3. The van der Waals surface area contributed by atoms with E-state index in [1.165, 1.54) is 13.1 Å². The van der Waals surface area contributed by atoms with Gasteiger partial charge in [0.1, 0.15) is 10.7 Å². The van der Waals surface area contributed by atoms with E-state index in [0.29, 0.717) is 5.57 Å². The third kappa shape index (κ3) is 2.38. The molecule has 2 rings (SSSR count). The maximum absolute atomic E-state index is 11.8. The van der Waals surface area contributed by atoms with Crippen molar-refractivity contribution < 1.29 is 9.90 Å². The van der Waals surface area contributed by atoms with Crippen molar-refractivity contribution in [2.24, 2.45) is 7.05 Å². The third-order valence-electron chi connectivity index (χ3n) is 3.03. The van der Waals surface area contributed by atoms with Gasteiger partial charge >= 0.3 is 5.97 Å². The van der Waals surface area contributed by atoms with E-state index < -0.39 is 5.97 Å². The number of carboxylic acids is 1. The van der Waals surface area contributed by atoms with Gasteiger partial charge in [-0.15, -0.1) is 0 Å². The van der Waals surface area contributed by atoms with Crippen molar-refractivity contribution in [2.45, 2.75) is 0 Å². The van der Waals surface area contributed by atoms with Crippen molar-refractivity contribution in [1.82, 2.24) is 4.57 Å². The van der Waals surface area contributed by atoms with Crippen LogP contribution >= 0.6 is 11.6 Å². The summed E-state index contributed by atoms with van der Waals surface area (Å²) in [7, 11) is 1.42. The van der Waals surface area contributed by atoms with Gasteiger partial charge < -0.3 is 9.67 Å². The molecule has 0 aliphatic rings. The van der Waals surface area contributed by atoms with E-state index in [2.05, 4.69) is 6.58 Å². The summed E-state index contributed by atoms with van der Waals surface area (Å²) >= 11 is 5.97. The Labute approximate surface area is 120 Å². The van der Waals surface area contributed by atoms with E-state index >= 15 is 0 Å². The first-order chi connectivity index (χ1) is 9.43. The minimum Gasteiger partial charge on any atom is -0.478 e. The van der Waals surface area contributed by atoms with E-state index in [4.69, 9.17) is 11.6 Å². The predicted octanol–water partition coefficient (Wildman–Crippen LogP) is 2.80. The number of hydrogen-bond donors (Lipinski definition) is 1. The van der Waals surface area contributed by atoms with Crippen LogP contribution in [-0.2, 0) is 7.05 Å². The van der Waals surface area contributed by atoms with E-state index in [9.17, 15) is 14.7 Å². The van der Waals surface area contributed by atoms with Gasteiger partial charge in [-0.2, -0.15) is 0 Å². The smallest absolute Gasteiger partial charge is 0.339 e. The Kier molecular flexibility index (Phi) is 3.77. The second kappa shape index (κ2) is 5.35. The van der Waals surface area contributed by atoms with E-state index in [1.807, 2.05) is 18.2 Å². The molecule has 0 atom stereocenters. The third-order valence-corrected chi connectivity index (χ3v) is 3.47. The average molecular weight is 290 g/mol. The quantitative estimate of drug-likeness (QED) is 0.884. The molecule has 5 heteroatoms. The Morgan fingerprint density at radius 3 is 2.45 bits per heavy atom. The zero-order valence-corrected chi connectivity index (χ0v) is 11.5. The molecule has 0 aliphatic carbocycles. The van der Waals surface area contributed by atoms with Crippen molar-refractivity contribution in [2.75, 3.05) is 0 Å². The van der Waals surface area contributed by atoms with Crippen molar-refractivity contribution in [3.63, 3.8) is 0 Å². The molecule has 102 valence electrons. The van der Waals surface area contributed by atoms with Gasteiger partial charge in [-0.05, 0) is 11.1 Å². The molecule has 0 spiro atoms. The minimum atomic E-state index is -1.20. The van der Waals surface area contributed by atoms with Crippen LogP contribution in [0.4, 0.5) is 0 Å². The molecule has 0 bridgehead atoms. The maximum atomic E-state index is 11.8. The SMILES string of the molecule is C=C(c1ccccc1)c1cc(=O)n(C)c(Cl)c1C(=O)O. The second-order valence-electron chi connectivity index (χ2n) is 4.27. The highest BCUT2D eigenvalue weighted by Gasteiger charge is 2.20. The number of pyridine rings is 1. The Morgan fingerprint density at radius 2 is 1.90 bits per heavy atom. The lowest BCUT2D eigenvalue weighted by molar-refractivity contribution is 0.0696. The van der Waals surface area contributed by atoms with Gasteiger partial charge in [0.15, 0.2) is 0 Å². The van der Waals surface area contributed by atoms with Crippen molar-refractivity contribution in [1.29, 1.82) is 0 Å². The van der Waals surface area contributed by atoms with E-state index in [-0.39, 0.29) is 21.8 Å². The number of hydrogen-bond acceptors (Lipinski definition) is 2. The summed E-state index contributed by atoms with van der Waals surface area (Å²) in [4.78, 5) is 23.2. The fourth-order valence-corrected chi connectivity index (χ4v) is 2.17. The van der Waals surface area contributed by atoms with Gasteiger partial charge in [0.2, 0.25) is 0 Å². The highest BCUT2D eigenvalue weighted by molar-refractivity contribution is 6.33. The fourth-order valence-electron chi connectivity index (χ4n) is 1.90. The van der Waals surface area contributed by atoms with Gasteiger partial charge in [-0.1, -0.05) is 48.5 Å². The number of aromatic carboxylic acids is 1. The summed E-state index contributed by atoms with van der Waals surface area (Å²) in [6, 6.07) is 10.3. The Morgan fingerprint density at radius 1 is 1.30 bits per heavy atom. The molecule has 2 aromatic rings. The van der Waals surface area contributed by atoms with Crippen LogP contribution < -0.4 is 5.56 Å². The number of nitrogens with zero attached hydrogens (tertiary/aromatic N) is 1. The van der Waals surface area contributed by atoms with Crippen LogP contribution in [-0.4, -0.2) is 15.6 Å². The maximum Gasteiger partial charge on any atom is 0.339 e. The number of carboxylic acid groups (broad SMARTS) is 1. The zero-order chi connectivity index (χ0) is 14.9. The first-order valence-corrected chi connectivity index (χ1v) is 6.18. The van der Waals surface area contributed by atoms with Crippen LogP contribution in [0, 0.1) is 0 Å².